The van der Waals surface area contributed by atoms with Crippen LogP contribution in [0.2, 0.25) is 0 Å². The summed E-state index contributed by atoms with van der Waals surface area (Å²) in [5.41, 5.74) is 0. The summed E-state index contributed by atoms with van der Waals surface area (Å²) in [6, 6.07) is 0. The highest BCUT2D eigenvalue weighted by Gasteiger charge is 2.22. The van der Waals surface area contributed by atoms with E-state index in [2.05, 4.69) is 18.7 Å². The number of hydrogen-bond acceptors (Lipinski definition) is 4. The van der Waals surface area contributed by atoms with Gasteiger partial charge >= 0.3 is 12.1 Å². The van der Waals surface area contributed by atoms with Crippen molar-refractivity contribution in [3.8, 4) is 0 Å². The summed E-state index contributed by atoms with van der Waals surface area (Å²) in [5, 5.41) is 9.13. The van der Waals surface area contributed by atoms with Crippen molar-refractivity contribution in [3.05, 3.63) is 0 Å². The Kier molecular flexibility index (Phi) is 17.2. The summed E-state index contributed by atoms with van der Waals surface area (Å²) < 4.78 is 5.42. The van der Waals surface area contributed by atoms with Gasteiger partial charge in [-0.1, -0.05) is 65.2 Å². The van der Waals surface area contributed by atoms with Gasteiger partial charge in [-0.3, -0.25) is 4.79 Å². The van der Waals surface area contributed by atoms with E-state index in [0.717, 1.165) is 64.6 Å². The number of rotatable bonds is 19. The zero-order chi connectivity index (χ0) is 23.4. The van der Waals surface area contributed by atoms with Gasteiger partial charge in [0.25, 0.3) is 0 Å². The molecule has 1 N–H and O–H groups in total. The molecule has 1 rings (SSSR count). The van der Waals surface area contributed by atoms with Crippen molar-refractivity contribution >= 4 is 12.1 Å². The number of carbonyl (C=O) groups is 2. The van der Waals surface area contributed by atoms with Crippen LogP contribution in [0.4, 0.5) is 4.79 Å². The van der Waals surface area contributed by atoms with Gasteiger partial charge in [-0.25, -0.2) is 4.79 Å². The Labute approximate surface area is 197 Å². The van der Waals surface area contributed by atoms with Crippen LogP contribution in [-0.2, 0) is 9.53 Å². The summed E-state index contributed by atoms with van der Waals surface area (Å²) >= 11 is 0. The maximum absolute atomic E-state index is 11.8. The fraction of sp³-hybridized carbons (Fsp3) is 0.923. The lowest BCUT2D eigenvalue weighted by molar-refractivity contribution is -0.144. The number of esters is 1. The Morgan fingerprint density at radius 3 is 2.09 bits per heavy atom. The molecule has 1 aliphatic rings. The molecular weight excluding hydrogens is 404 g/mol. The molecule has 0 aromatic carbocycles. The lowest BCUT2D eigenvalue weighted by atomic mass is 9.93. The van der Waals surface area contributed by atoms with Crippen molar-refractivity contribution in [2.75, 3.05) is 39.3 Å². The maximum Gasteiger partial charge on any atom is 0.407 e. The van der Waals surface area contributed by atoms with Gasteiger partial charge in [0.15, 0.2) is 0 Å². The van der Waals surface area contributed by atoms with E-state index in [1.54, 1.807) is 4.90 Å². The second kappa shape index (κ2) is 19.2. The van der Waals surface area contributed by atoms with E-state index in [9.17, 15) is 9.59 Å². The second-order valence-corrected chi connectivity index (χ2v) is 9.50. The molecular formula is C26H50N2O4. The molecule has 6 heteroatoms. The molecule has 32 heavy (non-hydrogen) atoms. The predicted molar refractivity (Wildman–Crippen MR) is 131 cm³/mol. The molecule has 0 radical (unpaired) electrons. The molecule has 0 spiro atoms. The van der Waals surface area contributed by atoms with Gasteiger partial charge in [-0.05, 0) is 57.5 Å². The highest BCUT2D eigenvalue weighted by molar-refractivity contribution is 5.69. The maximum atomic E-state index is 11.8. The van der Waals surface area contributed by atoms with Crippen LogP contribution in [0.15, 0.2) is 0 Å². The SMILES string of the molecule is CCCCCCCCCN(CCCOC(=O)CCCCC)CCC1CCN(C(=O)O)CC1. The van der Waals surface area contributed by atoms with Crippen molar-refractivity contribution in [1.82, 2.24) is 9.80 Å². The average molecular weight is 455 g/mol. The van der Waals surface area contributed by atoms with Crippen molar-refractivity contribution in [2.45, 2.75) is 110 Å². The van der Waals surface area contributed by atoms with Crippen molar-refractivity contribution in [2.24, 2.45) is 5.92 Å². The molecule has 0 bridgehead atoms. The minimum absolute atomic E-state index is 0.0535. The lowest BCUT2D eigenvalue weighted by Crippen LogP contribution is -2.38. The molecule has 6 nitrogen and oxygen atoms in total. The molecule has 0 aromatic rings. The number of hydrogen-bond donors (Lipinski definition) is 1. The Morgan fingerprint density at radius 1 is 0.844 bits per heavy atom. The van der Waals surface area contributed by atoms with Crippen LogP contribution >= 0.6 is 0 Å². The molecule has 0 aliphatic carbocycles. The highest BCUT2D eigenvalue weighted by Crippen LogP contribution is 2.21. The standard InChI is InChI=1S/C26H50N2O4/c1-3-5-7-8-9-10-12-18-27(19-13-23-32-25(29)14-11-6-4-2)20-15-24-16-21-28(22-17-24)26(30)31/h24H,3-23H2,1-2H3,(H,30,31). The fourth-order valence-corrected chi connectivity index (χ4v) is 4.47. The smallest absolute Gasteiger partial charge is 0.407 e. The zero-order valence-electron chi connectivity index (χ0n) is 21.0. The second-order valence-electron chi connectivity index (χ2n) is 9.50. The van der Waals surface area contributed by atoms with E-state index in [1.165, 1.54) is 44.9 Å². The number of carbonyl (C=O) groups excluding carboxylic acids is 1. The molecule has 1 heterocycles. The third kappa shape index (κ3) is 14.7. The van der Waals surface area contributed by atoms with E-state index in [1.807, 2.05) is 0 Å². The normalized spacial score (nSPS) is 14.8. The zero-order valence-corrected chi connectivity index (χ0v) is 21.0. The van der Waals surface area contributed by atoms with Crippen LogP contribution < -0.4 is 0 Å². The van der Waals surface area contributed by atoms with Crippen LogP contribution in [-0.4, -0.2) is 66.3 Å². The molecule has 1 amide bonds. The number of ether oxygens (including phenoxy) is 1. The van der Waals surface area contributed by atoms with Gasteiger partial charge in [0, 0.05) is 26.1 Å². The Balaban J connectivity index is 2.28. The quantitative estimate of drug-likeness (QED) is 0.182. The summed E-state index contributed by atoms with van der Waals surface area (Å²) in [6.45, 7) is 9.43. The number of unbranched alkanes of at least 4 members (excludes halogenated alkanes) is 8. The molecule has 0 saturated carbocycles. The first kappa shape index (κ1) is 28.7. The van der Waals surface area contributed by atoms with Crippen LogP contribution in [0.5, 0.6) is 0 Å². The largest absolute Gasteiger partial charge is 0.466 e. The topological polar surface area (TPSA) is 70.1 Å². The van der Waals surface area contributed by atoms with Crippen LogP contribution in [0.3, 0.4) is 0 Å². The number of piperidine rings is 1. The van der Waals surface area contributed by atoms with Crippen LogP contribution in [0.1, 0.15) is 110 Å². The Morgan fingerprint density at radius 2 is 1.44 bits per heavy atom. The third-order valence-electron chi connectivity index (χ3n) is 6.68. The van der Waals surface area contributed by atoms with Gasteiger partial charge in [-0.15, -0.1) is 0 Å². The molecule has 188 valence electrons. The van der Waals surface area contributed by atoms with E-state index in [4.69, 9.17) is 9.84 Å². The number of nitrogens with zero attached hydrogens (tertiary/aromatic N) is 2. The van der Waals surface area contributed by atoms with Crippen molar-refractivity contribution in [1.29, 1.82) is 0 Å². The average Bonchev–Trinajstić information content (AvgIpc) is 2.79. The lowest BCUT2D eigenvalue weighted by Gasteiger charge is -2.31. The summed E-state index contributed by atoms with van der Waals surface area (Å²) in [7, 11) is 0. The third-order valence-corrected chi connectivity index (χ3v) is 6.68. The molecule has 0 atom stereocenters. The summed E-state index contributed by atoms with van der Waals surface area (Å²) in [6.07, 6.45) is 16.1. The van der Waals surface area contributed by atoms with Crippen molar-refractivity contribution < 1.29 is 19.4 Å². The molecule has 0 unspecified atom stereocenters. The highest BCUT2D eigenvalue weighted by atomic mass is 16.5. The van der Waals surface area contributed by atoms with Crippen LogP contribution in [0.25, 0.3) is 0 Å². The van der Waals surface area contributed by atoms with Crippen molar-refractivity contribution in [3.63, 3.8) is 0 Å². The first-order valence-electron chi connectivity index (χ1n) is 13.4. The van der Waals surface area contributed by atoms with E-state index in [-0.39, 0.29) is 5.97 Å². The molecule has 1 saturated heterocycles. The van der Waals surface area contributed by atoms with E-state index in [0.29, 0.717) is 32.0 Å². The minimum atomic E-state index is -0.784. The monoisotopic (exact) mass is 454 g/mol. The summed E-state index contributed by atoms with van der Waals surface area (Å²) in [4.78, 5) is 27.0. The van der Waals surface area contributed by atoms with E-state index < -0.39 is 6.09 Å². The fourth-order valence-electron chi connectivity index (χ4n) is 4.47. The molecule has 0 aromatic heterocycles. The minimum Gasteiger partial charge on any atom is -0.466 e. The Hall–Kier alpha value is -1.30. The first-order valence-corrected chi connectivity index (χ1v) is 13.4. The van der Waals surface area contributed by atoms with Gasteiger partial charge in [0.05, 0.1) is 6.61 Å². The first-order chi connectivity index (χ1) is 15.6. The molecule has 1 fully saturated rings. The predicted octanol–water partition coefficient (Wildman–Crippen LogP) is 6.33. The Bertz CT molecular complexity index is 478. The van der Waals surface area contributed by atoms with Gasteiger partial charge < -0.3 is 19.6 Å². The van der Waals surface area contributed by atoms with Gasteiger partial charge in [0.2, 0.25) is 0 Å². The molecule has 1 aliphatic heterocycles. The van der Waals surface area contributed by atoms with Gasteiger partial charge in [-0.2, -0.15) is 0 Å². The van der Waals surface area contributed by atoms with E-state index >= 15 is 0 Å². The number of likely N-dealkylation sites (tertiary alicyclic amines) is 1. The van der Waals surface area contributed by atoms with Gasteiger partial charge in [0.1, 0.15) is 0 Å². The summed E-state index contributed by atoms with van der Waals surface area (Å²) in [5.74, 6) is 0.570. The number of carboxylic acid groups (broad SMARTS) is 1. The number of amides is 1. The van der Waals surface area contributed by atoms with Crippen LogP contribution in [0, 0.1) is 5.92 Å².